The SMILES string of the molecule is N#Cc1ccc(Cn2cc([N+](=O)[O-])c(=O)[nH]c2=O)c(F)c1. The van der Waals surface area contributed by atoms with Gasteiger partial charge in [-0.3, -0.25) is 24.5 Å². The lowest BCUT2D eigenvalue weighted by molar-refractivity contribution is -0.386. The molecular weight excluding hydrogens is 283 g/mol. The lowest BCUT2D eigenvalue weighted by atomic mass is 10.1. The summed E-state index contributed by atoms with van der Waals surface area (Å²) in [6.45, 7) is -0.312. The fourth-order valence-electron chi connectivity index (χ4n) is 1.67. The van der Waals surface area contributed by atoms with E-state index in [4.69, 9.17) is 5.26 Å². The maximum atomic E-state index is 13.7. The number of H-pyrrole nitrogens is 1. The van der Waals surface area contributed by atoms with E-state index >= 15 is 0 Å². The molecule has 0 radical (unpaired) electrons. The summed E-state index contributed by atoms with van der Waals surface area (Å²) in [6, 6.07) is 5.38. The van der Waals surface area contributed by atoms with E-state index in [0.29, 0.717) is 0 Å². The van der Waals surface area contributed by atoms with Crippen molar-refractivity contribution < 1.29 is 9.31 Å². The molecule has 9 heteroatoms. The molecule has 21 heavy (non-hydrogen) atoms. The van der Waals surface area contributed by atoms with Crippen molar-refractivity contribution in [3.05, 3.63) is 72.3 Å². The molecule has 0 atom stereocenters. The van der Waals surface area contributed by atoms with Crippen molar-refractivity contribution in [1.82, 2.24) is 9.55 Å². The molecule has 0 aliphatic carbocycles. The fourth-order valence-corrected chi connectivity index (χ4v) is 1.67. The molecule has 1 aromatic heterocycles. The monoisotopic (exact) mass is 290 g/mol. The van der Waals surface area contributed by atoms with Gasteiger partial charge in [0.2, 0.25) is 0 Å². The maximum absolute atomic E-state index is 13.7. The Kier molecular flexibility index (Phi) is 3.62. The third kappa shape index (κ3) is 2.84. The minimum absolute atomic E-state index is 0.0532. The molecule has 0 saturated carbocycles. The van der Waals surface area contributed by atoms with Crippen LogP contribution in [0.15, 0.2) is 34.0 Å². The second-order valence-corrected chi connectivity index (χ2v) is 4.08. The van der Waals surface area contributed by atoms with Crippen molar-refractivity contribution in [2.75, 3.05) is 0 Å². The Morgan fingerprint density at radius 2 is 2.14 bits per heavy atom. The van der Waals surface area contributed by atoms with Crippen molar-refractivity contribution in [1.29, 1.82) is 5.26 Å². The van der Waals surface area contributed by atoms with Crippen LogP contribution in [0.1, 0.15) is 11.1 Å². The van der Waals surface area contributed by atoms with Crippen LogP contribution in [-0.2, 0) is 6.54 Å². The summed E-state index contributed by atoms with van der Waals surface area (Å²) in [5.41, 5.74) is -2.67. The molecule has 0 aliphatic heterocycles. The number of hydrogen-bond acceptors (Lipinski definition) is 5. The Bertz CT molecular complexity index is 878. The largest absolute Gasteiger partial charge is 0.350 e. The number of nitrogens with zero attached hydrogens (tertiary/aromatic N) is 3. The van der Waals surface area contributed by atoms with Crippen molar-refractivity contribution in [2.45, 2.75) is 6.54 Å². The number of nitro groups is 1. The van der Waals surface area contributed by atoms with Gasteiger partial charge in [0, 0.05) is 5.56 Å². The number of aromatic amines is 1. The Hall–Kier alpha value is -3.28. The van der Waals surface area contributed by atoms with Gasteiger partial charge >= 0.3 is 16.9 Å². The number of nitriles is 1. The first-order valence-electron chi connectivity index (χ1n) is 5.59. The minimum atomic E-state index is -1.12. The Balaban J connectivity index is 2.47. The first-order valence-corrected chi connectivity index (χ1v) is 5.59. The van der Waals surface area contributed by atoms with E-state index < -0.39 is 27.7 Å². The molecule has 2 aromatic rings. The van der Waals surface area contributed by atoms with E-state index in [1.165, 1.54) is 12.1 Å². The summed E-state index contributed by atoms with van der Waals surface area (Å²) in [5, 5.41) is 19.3. The molecule has 0 saturated heterocycles. The number of hydrogen-bond donors (Lipinski definition) is 1. The van der Waals surface area contributed by atoms with Gasteiger partial charge in [0.05, 0.1) is 29.3 Å². The van der Waals surface area contributed by atoms with Crippen LogP contribution in [0.5, 0.6) is 0 Å². The fraction of sp³-hybridized carbons (Fsp3) is 0.0833. The summed E-state index contributed by atoms with van der Waals surface area (Å²) in [6.07, 6.45) is 0.749. The summed E-state index contributed by atoms with van der Waals surface area (Å²) in [4.78, 5) is 34.3. The Labute approximate surface area is 115 Å². The maximum Gasteiger partial charge on any atom is 0.350 e. The smallest absolute Gasteiger partial charge is 0.289 e. The molecule has 0 fully saturated rings. The summed E-state index contributed by atoms with van der Waals surface area (Å²) in [5.74, 6) is -0.727. The van der Waals surface area contributed by atoms with Crippen LogP contribution >= 0.6 is 0 Å². The zero-order valence-electron chi connectivity index (χ0n) is 10.4. The van der Waals surface area contributed by atoms with Crippen molar-refractivity contribution in [2.24, 2.45) is 0 Å². The van der Waals surface area contributed by atoms with Gasteiger partial charge in [-0.15, -0.1) is 0 Å². The van der Waals surface area contributed by atoms with E-state index in [9.17, 15) is 24.1 Å². The molecule has 1 aromatic carbocycles. The van der Waals surface area contributed by atoms with E-state index in [1.807, 2.05) is 0 Å². The highest BCUT2D eigenvalue weighted by Crippen LogP contribution is 2.11. The van der Waals surface area contributed by atoms with Gasteiger partial charge in [-0.05, 0) is 12.1 Å². The number of nitrogens with one attached hydrogen (secondary N) is 1. The van der Waals surface area contributed by atoms with Gasteiger partial charge in [0.25, 0.3) is 0 Å². The molecule has 0 aliphatic rings. The third-order valence-electron chi connectivity index (χ3n) is 2.71. The van der Waals surface area contributed by atoms with Crippen LogP contribution in [-0.4, -0.2) is 14.5 Å². The molecule has 0 bridgehead atoms. The topological polar surface area (TPSA) is 122 Å². The number of rotatable bonds is 3. The first kappa shape index (κ1) is 14.1. The standard InChI is InChI=1S/C12H7FN4O4/c13-9-3-7(4-14)1-2-8(9)5-16-6-10(17(20)21)11(18)15-12(16)19/h1-3,6H,5H2,(H,15,18,19). The van der Waals surface area contributed by atoms with Crippen LogP contribution in [0.4, 0.5) is 10.1 Å². The Morgan fingerprint density at radius 1 is 1.43 bits per heavy atom. The molecule has 1 heterocycles. The average Bonchev–Trinajstić information content (AvgIpc) is 2.43. The summed E-state index contributed by atoms with van der Waals surface area (Å²) >= 11 is 0. The van der Waals surface area contributed by atoms with Crippen LogP contribution in [0.25, 0.3) is 0 Å². The van der Waals surface area contributed by atoms with Gasteiger partial charge < -0.3 is 0 Å². The molecule has 0 unspecified atom stereocenters. The Morgan fingerprint density at radius 3 is 2.71 bits per heavy atom. The zero-order valence-corrected chi connectivity index (χ0v) is 10.4. The van der Waals surface area contributed by atoms with E-state index in [2.05, 4.69) is 0 Å². The highest BCUT2D eigenvalue weighted by atomic mass is 19.1. The van der Waals surface area contributed by atoms with Gasteiger partial charge in [-0.2, -0.15) is 5.26 Å². The highest BCUT2D eigenvalue weighted by molar-refractivity contribution is 5.33. The predicted molar refractivity (Wildman–Crippen MR) is 68.2 cm³/mol. The lowest BCUT2D eigenvalue weighted by Gasteiger charge is -2.06. The second-order valence-electron chi connectivity index (χ2n) is 4.08. The molecule has 1 N–H and O–H groups in total. The van der Waals surface area contributed by atoms with Crippen molar-refractivity contribution >= 4 is 5.69 Å². The molecule has 0 amide bonds. The van der Waals surface area contributed by atoms with E-state index in [0.717, 1.165) is 16.8 Å². The molecular formula is C12H7FN4O4. The molecule has 2 rings (SSSR count). The van der Waals surface area contributed by atoms with Crippen LogP contribution in [0, 0.1) is 27.3 Å². The second kappa shape index (κ2) is 5.38. The molecule has 106 valence electrons. The normalized spacial score (nSPS) is 10.1. The van der Waals surface area contributed by atoms with E-state index in [1.54, 1.807) is 11.1 Å². The lowest BCUT2D eigenvalue weighted by Crippen LogP contribution is -2.31. The van der Waals surface area contributed by atoms with Crippen LogP contribution in [0.3, 0.4) is 0 Å². The van der Waals surface area contributed by atoms with Crippen LogP contribution in [0.2, 0.25) is 0 Å². The third-order valence-corrected chi connectivity index (χ3v) is 2.71. The average molecular weight is 290 g/mol. The number of halogens is 1. The molecule has 8 nitrogen and oxygen atoms in total. The van der Waals surface area contributed by atoms with Crippen LogP contribution < -0.4 is 11.2 Å². The minimum Gasteiger partial charge on any atom is -0.289 e. The summed E-state index contributed by atoms with van der Waals surface area (Å²) < 4.78 is 14.5. The highest BCUT2D eigenvalue weighted by Gasteiger charge is 2.15. The van der Waals surface area contributed by atoms with Gasteiger partial charge in [0.15, 0.2) is 0 Å². The quantitative estimate of drug-likeness (QED) is 0.651. The number of benzene rings is 1. The van der Waals surface area contributed by atoms with Gasteiger partial charge in [-0.1, -0.05) is 6.07 Å². The number of aromatic nitrogens is 2. The summed E-state index contributed by atoms with van der Waals surface area (Å²) in [7, 11) is 0. The molecule has 0 spiro atoms. The van der Waals surface area contributed by atoms with Gasteiger partial charge in [0.1, 0.15) is 5.82 Å². The van der Waals surface area contributed by atoms with Gasteiger partial charge in [-0.25, -0.2) is 9.18 Å². The zero-order chi connectivity index (χ0) is 15.6. The predicted octanol–water partition coefficient (Wildman–Crippen LogP) is 0.504. The first-order chi connectivity index (χ1) is 9.92. The van der Waals surface area contributed by atoms with Crippen molar-refractivity contribution in [3.8, 4) is 6.07 Å². The van der Waals surface area contributed by atoms with Crippen molar-refractivity contribution in [3.63, 3.8) is 0 Å². The van der Waals surface area contributed by atoms with E-state index in [-0.39, 0.29) is 17.7 Å².